The molecule has 3 unspecified atom stereocenters. The molecule has 34 heavy (non-hydrogen) atoms. The Labute approximate surface area is 206 Å². The summed E-state index contributed by atoms with van der Waals surface area (Å²) in [7, 11) is 4.17. The van der Waals surface area contributed by atoms with Crippen molar-refractivity contribution >= 4 is 17.4 Å². The summed E-state index contributed by atoms with van der Waals surface area (Å²) in [5.74, 6) is 3.71. The Kier molecular flexibility index (Phi) is 5.40. The van der Waals surface area contributed by atoms with Crippen LogP contribution in [0.3, 0.4) is 0 Å². The van der Waals surface area contributed by atoms with E-state index in [-0.39, 0.29) is 0 Å². The number of allylic oxidation sites excluding steroid dienone is 4. The Hall–Kier alpha value is -2.79. The molecule has 0 bridgehead atoms. The van der Waals surface area contributed by atoms with Gasteiger partial charge in [-0.3, -0.25) is 0 Å². The van der Waals surface area contributed by atoms with Crippen LogP contribution >= 0.6 is 11.8 Å². The predicted molar refractivity (Wildman–Crippen MR) is 140 cm³/mol. The SMILES string of the molecule is CC1=CC2C(C(Sc3n[nH]c(C4CC4)[n+]3-c3ccc(N(C)C)cc3)c3ccc(C)cc3)[C@H]2C=C1. The molecule has 0 aliphatic heterocycles. The van der Waals surface area contributed by atoms with E-state index in [1.807, 2.05) is 11.8 Å². The Morgan fingerprint density at radius 1 is 1.00 bits per heavy atom. The molecule has 2 aromatic carbocycles. The van der Waals surface area contributed by atoms with E-state index < -0.39 is 0 Å². The summed E-state index contributed by atoms with van der Waals surface area (Å²) in [6.07, 6.45) is 9.69. The van der Waals surface area contributed by atoms with Crippen LogP contribution in [0.4, 0.5) is 5.69 Å². The van der Waals surface area contributed by atoms with Crippen molar-refractivity contribution in [3.05, 3.63) is 89.3 Å². The summed E-state index contributed by atoms with van der Waals surface area (Å²) in [6.45, 7) is 4.38. The first-order chi connectivity index (χ1) is 16.5. The first-order valence-corrected chi connectivity index (χ1v) is 13.3. The number of hydrogen-bond acceptors (Lipinski definition) is 3. The minimum atomic E-state index is 0.366. The van der Waals surface area contributed by atoms with Gasteiger partial charge in [0.15, 0.2) is 0 Å². The lowest BCUT2D eigenvalue weighted by molar-refractivity contribution is -0.644. The zero-order valence-electron chi connectivity index (χ0n) is 20.4. The first kappa shape index (κ1) is 21.7. The van der Waals surface area contributed by atoms with Gasteiger partial charge in [0.2, 0.25) is 5.82 Å². The van der Waals surface area contributed by atoms with Crippen molar-refractivity contribution in [3.8, 4) is 5.69 Å². The van der Waals surface area contributed by atoms with Crippen molar-refractivity contribution in [2.45, 2.75) is 43.0 Å². The molecule has 2 fully saturated rings. The normalized spacial score (nSPS) is 23.9. The van der Waals surface area contributed by atoms with E-state index in [2.05, 4.69) is 109 Å². The quantitative estimate of drug-likeness (QED) is 0.333. The van der Waals surface area contributed by atoms with Crippen LogP contribution < -0.4 is 9.47 Å². The van der Waals surface area contributed by atoms with Gasteiger partial charge in [-0.2, -0.15) is 4.57 Å². The molecule has 3 aliphatic rings. The van der Waals surface area contributed by atoms with Crippen LogP contribution in [0.2, 0.25) is 0 Å². The third kappa shape index (κ3) is 4.00. The maximum Gasteiger partial charge on any atom is 0.342 e. The highest BCUT2D eigenvalue weighted by Gasteiger charge is 2.53. The highest BCUT2D eigenvalue weighted by Crippen LogP contribution is 2.61. The molecule has 0 amide bonds. The van der Waals surface area contributed by atoms with E-state index >= 15 is 0 Å². The molecule has 3 aromatic rings. The lowest BCUT2D eigenvalue weighted by Crippen LogP contribution is -2.36. The number of hydrogen-bond donors (Lipinski definition) is 1. The van der Waals surface area contributed by atoms with Gasteiger partial charge in [-0.05, 0) is 86.0 Å². The van der Waals surface area contributed by atoms with Crippen molar-refractivity contribution in [3.63, 3.8) is 0 Å². The molecular weight excluding hydrogens is 436 g/mol. The standard InChI is InChI=1S/C29H32N4S/c1-18-5-8-20(9-6-18)27(26-24-16-7-19(2)17-25(24)26)34-29-31-30-28(21-10-11-21)33(29)23-14-12-22(13-15-23)32(3)4/h5-9,12-17,21,24-27H,10-11H2,1-4H3/p+1/t24-,25?,26?,27?/m0/s1. The summed E-state index contributed by atoms with van der Waals surface area (Å²) in [6, 6.07) is 18.0. The molecule has 1 heterocycles. The van der Waals surface area contributed by atoms with Crippen LogP contribution in [0.5, 0.6) is 0 Å². The number of H-pyrrole nitrogens is 1. The summed E-state index contributed by atoms with van der Waals surface area (Å²) in [4.78, 5) is 2.15. The molecular formula is C29H33N4S+. The van der Waals surface area contributed by atoms with Crippen molar-refractivity contribution in [2.24, 2.45) is 17.8 Å². The summed E-state index contributed by atoms with van der Waals surface area (Å²) in [5, 5.41) is 9.75. The molecule has 0 saturated heterocycles. The fraction of sp³-hybridized carbons (Fsp3) is 0.379. The summed E-state index contributed by atoms with van der Waals surface area (Å²) in [5.41, 5.74) is 6.50. The van der Waals surface area contributed by atoms with Crippen molar-refractivity contribution in [2.75, 3.05) is 19.0 Å². The molecule has 0 spiro atoms. The number of aryl methyl sites for hydroxylation is 1. The number of nitrogens with zero attached hydrogens (tertiary/aromatic N) is 3. The number of rotatable bonds is 7. The fourth-order valence-corrected chi connectivity index (χ4v) is 6.74. The molecule has 1 N–H and O–H groups in total. The zero-order valence-corrected chi connectivity index (χ0v) is 21.2. The van der Waals surface area contributed by atoms with Crippen LogP contribution in [0, 0.1) is 24.7 Å². The topological polar surface area (TPSA) is 35.8 Å². The average Bonchev–Trinajstić information content (AvgIpc) is 3.75. The van der Waals surface area contributed by atoms with E-state index in [0.29, 0.717) is 28.9 Å². The van der Waals surface area contributed by atoms with Crippen LogP contribution in [0.15, 0.2) is 77.5 Å². The third-order valence-corrected chi connectivity index (χ3v) is 8.83. The molecule has 5 heteroatoms. The average molecular weight is 470 g/mol. The van der Waals surface area contributed by atoms with Gasteiger partial charge < -0.3 is 4.90 Å². The summed E-state index contributed by atoms with van der Waals surface area (Å²) < 4.78 is 2.38. The summed E-state index contributed by atoms with van der Waals surface area (Å²) >= 11 is 1.93. The molecule has 4 nitrogen and oxygen atoms in total. The van der Waals surface area contributed by atoms with E-state index in [1.165, 1.54) is 46.7 Å². The Morgan fingerprint density at radius 3 is 2.38 bits per heavy atom. The number of thioether (sulfide) groups is 1. The maximum absolute atomic E-state index is 4.89. The van der Waals surface area contributed by atoms with Gasteiger partial charge in [0.05, 0.1) is 5.10 Å². The predicted octanol–water partition coefficient (Wildman–Crippen LogP) is 6.15. The number of aromatic nitrogens is 3. The van der Waals surface area contributed by atoms with Gasteiger partial charge in [0.25, 0.3) is 0 Å². The van der Waals surface area contributed by atoms with Gasteiger partial charge in [-0.1, -0.05) is 53.6 Å². The number of fused-ring (bicyclic) bond motifs is 1. The van der Waals surface area contributed by atoms with Crippen LogP contribution in [-0.2, 0) is 0 Å². The van der Waals surface area contributed by atoms with E-state index in [0.717, 1.165) is 5.16 Å². The minimum Gasteiger partial charge on any atom is -0.378 e. The second kappa shape index (κ2) is 8.46. The van der Waals surface area contributed by atoms with Crippen molar-refractivity contribution in [1.82, 2.24) is 10.2 Å². The molecule has 174 valence electrons. The number of benzene rings is 2. The smallest absolute Gasteiger partial charge is 0.342 e. The zero-order chi connectivity index (χ0) is 23.4. The van der Waals surface area contributed by atoms with Gasteiger partial charge >= 0.3 is 5.16 Å². The second-order valence-corrected chi connectivity index (χ2v) is 11.5. The first-order valence-electron chi connectivity index (χ1n) is 12.4. The second-order valence-electron chi connectivity index (χ2n) is 10.4. The molecule has 1 aromatic heterocycles. The fourth-order valence-electron chi connectivity index (χ4n) is 5.30. The number of aromatic amines is 1. The highest BCUT2D eigenvalue weighted by atomic mass is 32.2. The third-order valence-electron chi connectivity index (χ3n) is 7.50. The van der Waals surface area contributed by atoms with Crippen LogP contribution in [0.25, 0.3) is 5.69 Å². The maximum atomic E-state index is 4.89. The molecule has 6 rings (SSSR count). The monoisotopic (exact) mass is 469 g/mol. The van der Waals surface area contributed by atoms with E-state index in [9.17, 15) is 0 Å². The van der Waals surface area contributed by atoms with Crippen LogP contribution in [-0.4, -0.2) is 24.3 Å². The van der Waals surface area contributed by atoms with Crippen LogP contribution in [0.1, 0.15) is 47.9 Å². The van der Waals surface area contributed by atoms with Gasteiger partial charge in [0.1, 0.15) is 5.69 Å². The molecule has 4 atom stereocenters. The van der Waals surface area contributed by atoms with Gasteiger partial charge in [0, 0.05) is 31.0 Å². The van der Waals surface area contributed by atoms with E-state index in [1.54, 1.807) is 0 Å². The Bertz CT molecular complexity index is 1250. The Morgan fingerprint density at radius 2 is 1.74 bits per heavy atom. The molecule has 3 aliphatic carbocycles. The van der Waals surface area contributed by atoms with Crippen molar-refractivity contribution in [1.29, 1.82) is 0 Å². The minimum absolute atomic E-state index is 0.366. The lowest BCUT2D eigenvalue weighted by atomic mass is 10.0. The molecule has 2 saturated carbocycles. The Balaban J connectivity index is 1.38. The van der Waals surface area contributed by atoms with Gasteiger partial charge in [-0.25, -0.2) is 0 Å². The van der Waals surface area contributed by atoms with Crippen molar-refractivity contribution < 1.29 is 4.57 Å². The molecule has 0 radical (unpaired) electrons. The number of anilines is 1. The largest absolute Gasteiger partial charge is 0.378 e. The highest BCUT2D eigenvalue weighted by molar-refractivity contribution is 7.99. The number of nitrogens with one attached hydrogen (secondary N) is 1. The lowest BCUT2D eigenvalue weighted by Gasteiger charge is -2.16. The van der Waals surface area contributed by atoms with E-state index in [4.69, 9.17) is 5.10 Å². The van der Waals surface area contributed by atoms with Gasteiger partial charge in [-0.15, -0.1) is 5.10 Å².